The minimum Gasteiger partial charge on any atom is -0.465 e. The van der Waals surface area contributed by atoms with E-state index in [4.69, 9.17) is 14.2 Å². The molecule has 34 heavy (non-hydrogen) atoms. The zero-order valence-electron chi connectivity index (χ0n) is 18.1. The summed E-state index contributed by atoms with van der Waals surface area (Å²) in [5.41, 5.74) is 0.609. The van der Waals surface area contributed by atoms with Gasteiger partial charge in [-0.3, -0.25) is 0 Å². The molecule has 0 spiro atoms. The molecule has 1 heterocycles. The second kappa shape index (κ2) is 9.53. The molecule has 0 saturated heterocycles. The Morgan fingerprint density at radius 3 is 2.18 bits per heavy atom. The highest BCUT2D eigenvalue weighted by atomic mass is 19.2. The predicted octanol–water partition coefficient (Wildman–Crippen LogP) is 5.18. The maximum atomic E-state index is 13.7. The van der Waals surface area contributed by atoms with E-state index in [1.807, 2.05) is 0 Å². The van der Waals surface area contributed by atoms with Crippen LogP contribution in [0.15, 0.2) is 72.8 Å². The van der Waals surface area contributed by atoms with Gasteiger partial charge in [0, 0.05) is 11.6 Å². The smallest absolute Gasteiger partial charge is 0.357 e. The number of benzene rings is 3. The summed E-state index contributed by atoms with van der Waals surface area (Å²) in [5.74, 6) is -3.50. The van der Waals surface area contributed by atoms with Gasteiger partial charge in [-0.05, 0) is 36.4 Å². The number of methoxy groups -OCH3 is 2. The molecule has 0 aliphatic rings. The maximum Gasteiger partial charge on any atom is 0.357 e. The minimum absolute atomic E-state index is 0.0293. The fraction of sp³-hybridized carbons (Fsp3) is 0.0800. The van der Waals surface area contributed by atoms with Gasteiger partial charge >= 0.3 is 11.9 Å². The van der Waals surface area contributed by atoms with Gasteiger partial charge in [0.05, 0.1) is 19.9 Å². The van der Waals surface area contributed by atoms with Crippen LogP contribution >= 0.6 is 0 Å². The molecule has 0 saturated carbocycles. The van der Waals surface area contributed by atoms with Gasteiger partial charge < -0.3 is 14.2 Å². The third-order valence-corrected chi connectivity index (χ3v) is 4.92. The van der Waals surface area contributed by atoms with E-state index in [2.05, 4.69) is 5.10 Å². The van der Waals surface area contributed by atoms with Crippen molar-refractivity contribution in [2.75, 3.05) is 14.2 Å². The fourth-order valence-corrected chi connectivity index (χ4v) is 3.36. The van der Waals surface area contributed by atoms with Crippen LogP contribution in [-0.2, 0) is 9.47 Å². The number of nitrogens with zero attached hydrogens (tertiary/aromatic N) is 2. The van der Waals surface area contributed by atoms with Gasteiger partial charge in [-0.25, -0.2) is 23.1 Å². The highest BCUT2D eigenvalue weighted by Crippen LogP contribution is 2.37. The van der Waals surface area contributed by atoms with Gasteiger partial charge in [-0.15, -0.1) is 0 Å². The molecule has 0 amide bonds. The quantitative estimate of drug-likeness (QED) is 0.366. The summed E-state index contributed by atoms with van der Waals surface area (Å²) in [6.07, 6.45) is 0. The first-order chi connectivity index (χ1) is 16.4. The van der Waals surface area contributed by atoms with Crippen molar-refractivity contribution in [3.63, 3.8) is 0 Å². The predicted molar refractivity (Wildman–Crippen MR) is 118 cm³/mol. The molecule has 7 nitrogen and oxygen atoms in total. The van der Waals surface area contributed by atoms with E-state index in [0.717, 1.165) is 12.1 Å². The molecule has 0 aliphatic heterocycles. The standard InChI is InChI=1S/C25H18F2N2O5/c1-32-24(30)21-22(28-29(23(21)25(31)33-2)15-8-4-3-5-9-15)17-10-6-7-11-20(17)34-16-12-13-18(26)19(27)14-16/h3-14H,1-2H3. The average molecular weight is 464 g/mol. The summed E-state index contributed by atoms with van der Waals surface area (Å²) in [7, 11) is 2.36. The van der Waals surface area contributed by atoms with Crippen LogP contribution in [0.1, 0.15) is 20.8 Å². The summed E-state index contributed by atoms with van der Waals surface area (Å²) in [6, 6.07) is 18.3. The number of hydrogen-bond acceptors (Lipinski definition) is 6. The van der Waals surface area contributed by atoms with Crippen molar-refractivity contribution in [2.45, 2.75) is 0 Å². The lowest BCUT2D eigenvalue weighted by Gasteiger charge is -2.11. The number of aromatic nitrogens is 2. The number of carbonyl (C=O) groups is 2. The van der Waals surface area contributed by atoms with Crippen molar-refractivity contribution in [3.05, 3.63) is 95.7 Å². The Morgan fingerprint density at radius 2 is 1.50 bits per heavy atom. The first-order valence-electron chi connectivity index (χ1n) is 10.0. The van der Waals surface area contributed by atoms with Crippen molar-refractivity contribution < 1.29 is 32.6 Å². The van der Waals surface area contributed by atoms with E-state index >= 15 is 0 Å². The molecule has 0 radical (unpaired) electrons. The minimum atomic E-state index is -1.08. The van der Waals surface area contributed by atoms with Crippen LogP contribution in [0, 0.1) is 11.6 Å². The molecule has 3 aromatic carbocycles. The van der Waals surface area contributed by atoms with Gasteiger partial charge in [-0.1, -0.05) is 30.3 Å². The molecule has 0 aliphatic carbocycles. The Bertz CT molecular complexity index is 1370. The van der Waals surface area contributed by atoms with Gasteiger partial charge in [-0.2, -0.15) is 5.10 Å². The molecule has 0 N–H and O–H groups in total. The average Bonchev–Trinajstić information content (AvgIpc) is 3.26. The van der Waals surface area contributed by atoms with Crippen LogP contribution in [0.2, 0.25) is 0 Å². The first kappa shape index (κ1) is 22.7. The van der Waals surface area contributed by atoms with E-state index < -0.39 is 23.6 Å². The molecular formula is C25H18F2N2O5. The summed E-state index contributed by atoms with van der Waals surface area (Å²) in [6.45, 7) is 0. The Morgan fingerprint density at radius 1 is 0.824 bits per heavy atom. The summed E-state index contributed by atoms with van der Waals surface area (Å²) < 4.78 is 44.0. The van der Waals surface area contributed by atoms with Crippen molar-refractivity contribution in [1.29, 1.82) is 0 Å². The van der Waals surface area contributed by atoms with Crippen LogP contribution in [0.5, 0.6) is 11.5 Å². The van der Waals surface area contributed by atoms with Crippen LogP contribution < -0.4 is 4.74 Å². The van der Waals surface area contributed by atoms with E-state index in [0.29, 0.717) is 11.3 Å². The van der Waals surface area contributed by atoms with E-state index in [-0.39, 0.29) is 28.5 Å². The largest absolute Gasteiger partial charge is 0.465 e. The zero-order chi connectivity index (χ0) is 24.2. The van der Waals surface area contributed by atoms with Crippen molar-refractivity contribution in [1.82, 2.24) is 9.78 Å². The molecule has 0 unspecified atom stereocenters. The van der Waals surface area contributed by atoms with Crippen LogP contribution in [0.25, 0.3) is 16.9 Å². The highest BCUT2D eigenvalue weighted by molar-refractivity contribution is 6.07. The van der Waals surface area contributed by atoms with Crippen LogP contribution in [0.4, 0.5) is 8.78 Å². The molecule has 0 bridgehead atoms. The van der Waals surface area contributed by atoms with Crippen LogP contribution in [0.3, 0.4) is 0 Å². The number of para-hydroxylation sites is 2. The molecule has 0 atom stereocenters. The number of halogens is 2. The summed E-state index contributed by atoms with van der Waals surface area (Å²) in [4.78, 5) is 25.6. The lowest BCUT2D eigenvalue weighted by Crippen LogP contribution is -2.15. The van der Waals surface area contributed by atoms with Crippen molar-refractivity contribution in [3.8, 4) is 28.4 Å². The lowest BCUT2D eigenvalue weighted by molar-refractivity contribution is 0.0549. The number of esters is 2. The third-order valence-electron chi connectivity index (χ3n) is 4.92. The number of ether oxygens (including phenoxy) is 3. The van der Waals surface area contributed by atoms with Gasteiger partial charge in [0.15, 0.2) is 17.3 Å². The Hall–Kier alpha value is -4.53. The Labute approximate surface area is 193 Å². The Balaban J connectivity index is 1.94. The normalized spacial score (nSPS) is 10.6. The summed E-state index contributed by atoms with van der Waals surface area (Å²) >= 11 is 0. The molecular weight excluding hydrogens is 446 g/mol. The van der Waals surface area contributed by atoms with Gasteiger partial charge in [0.1, 0.15) is 22.8 Å². The number of hydrogen-bond donors (Lipinski definition) is 0. The van der Waals surface area contributed by atoms with E-state index in [9.17, 15) is 18.4 Å². The summed E-state index contributed by atoms with van der Waals surface area (Å²) in [5, 5.41) is 4.52. The molecule has 4 aromatic rings. The monoisotopic (exact) mass is 464 g/mol. The molecule has 4 rings (SSSR count). The molecule has 0 fully saturated rings. The third kappa shape index (κ3) is 4.23. The van der Waals surface area contributed by atoms with Gasteiger partial charge in [0.2, 0.25) is 0 Å². The highest BCUT2D eigenvalue weighted by Gasteiger charge is 2.32. The van der Waals surface area contributed by atoms with Crippen molar-refractivity contribution >= 4 is 11.9 Å². The van der Waals surface area contributed by atoms with E-state index in [1.54, 1.807) is 54.6 Å². The SMILES string of the molecule is COC(=O)c1c(-c2ccccc2Oc2ccc(F)c(F)c2)nn(-c2ccccc2)c1C(=O)OC. The van der Waals surface area contributed by atoms with E-state index in [1.165, 1.54) is 25.0 Å². The fourth-order valence-electron chi connectivity index (χ4n) is 3.36. The number of carbonyl (C=O) groups excluding carboxylic acids is 2. The molecule has 172 valence electrons. The first-order valence-corrected chi connectivity index (χ1v) is 10.0. The maximum absolute atomic E-state index is 13.7. The molecule has 1 aromatic heterocycles. The topological polar surface area (TPSA) is 79.7 Å². The zero-order valence-corrected chi connectivity index (χ0v) is 18.1. The van der Waals surface area contributed by atoms with Gasteiger partial charge in [0.25, 0.3) is 0 Å². The Kier molecular flexibility index (Phi) is 6.35. The lowest BCUT2D eigenvalue weighted by atomic mass is 10.0. The van der Waals surface area contributed by atoms with Crippen LogP contribution in [-0.4, -0.2) is 35.9 Å². The van der Waals surface area contributed by atoms with Crippen molar-refractivity contribution in [2.24, 2.45) is 0 Å². The second-order valence-corrected chi connectivity index (χ2v) is 6.98. The molecule has 9 heteroatoms. The second-order valence-electron chi connectivity index (χ2n) is 6.98. The number of rotatable bonds is 6.